The summed E-state index contributed by atoms with van der Waals surface area (Å²) in [6.07, 6.45) is 8.54. The number of ether oxygens (including phenoxy) is 1. The number of alkyl halides is 2. The summed E-state index contributed by atoms with van der Waals surface area (Å²) in [7, 11) is 0. The minimum atomic E-state index is -2.84. The molecule has 0 N–H and O–H groups in total. The van der Waals surface area contributed by atoms with Gasteiger partial charge in [0.2, 0.25) is 0 Å². The number of allylic oxidation sites excluding steroid dienone is 1. The molecule has 3 aromatic carbocycles. The van der Waals surface area contributed by atoms with Crippen LogP contribution in [0.1, 0.15) is 34.4 Å². The third kappa shape index (κ3) is 6.72. The average Bonchev–Trinajstić information content (AvgIpc) is 2.87. The van der Waals surface area contributed by atoms with Gasteiger partial charge in [-0.2, -0.15) is 8.78 Å². The van der Waals surface area contributed by atoms with Crippen molar-refractivity contribution in [1.29, 1.82) is 0 Å². The molecule has 0 saturated heterocycles. The highest BCUT2D eigenvalue weighted by Crippen LogP contribution is 2.25. The van der Waals surface area contributed by atoms with E-state index in [1.807, 2.05) is 42.6 Å². The monoisotopic (exact) mass is 475 g/mol. The van der Waals surface area contributed by atoms with Crippen molar-refractivity contribution in [3.05, 3.63) is 119 Å². The maximum absolute atomic E-state index is 15.2. The number of hydrogen-bond acceptors (Lipinski definition) is 2. The van der Waals surface area contributed by atoms with Crippen molar-refractivity contribution >= 4 is 10.8 Å². The molecule has 2 nitrogen and oxygen atoms in total. The van der Waals surface area contributed by atoms with Crippen LogP contribution in [-0.4, -0.2) is 11.6 Å². The highest BCUT2D eigenvalue weighted by Gasteiger charge is 2.10. The molecule has 5 heteroatoms. The van der Waals surface area contributed by atoms with E-state index < -0.39 is 6.61 Å². The first-order valence-corrected chi connectivity index (χ1v) is 11.8. The Morgan fingerprint density at radius 1 is 0.800 bits per heavy atom. The van der Waals surface area contributed by atoms with Crippen LogP contribution in [0.25, 0.3) is 10.8 Å². The summed E-state index contributed by atoms with van der Waals surface area (Å²) in [5, 5.41) is 1.49. The van der Waals surface area contributed by atoms with Gasteiger partial charge in [0.25, 0.3) is 0 Å². The lowest BCUT2D eigenvalue weighted by molar-refractivity contribution is -0.0498. The van der Waals surface area contributed by atoms with Crippen LogP contribution in [0.5, 0.6) is 5.75 Å². The van der Waals surface area contributed by atoms with E-state index in [0.717, 1.165) is 47.9 Å². The summed E-state index contributed by atoms with van der Waals surface area (Å²) in [6, 6.07) is 20.3. The van der Waals surface area contributed by atoms with E-state index in [1.165, 1.54) is 17.7 Å². The summed E-state index contributed by atoms with van der Waals surface area (Å²) in [4.78, 5) is 4.56. The van der Waals surface area contributed by atoms with Gasteiger partial charge in [-0.3, -0.25) is 4.98 Å². The van der Waals surface area contributed by atoms with Crippen LogP contribution >= 0.6 is 0 Å². The number of fused-ring (bicyclic) bond motifs is 1. The standard InChI is InChI=1S/C30H28F3NO/c1-2-3-4-23-7-15-26(34-20-23)14-6-22-10-18-28-25(19-22)13-12-24(29(28)31)11-5-21-8-16-27(17-9-21)35-30(32)33/h2,7-10,12-13,15-20,30H,1,3-6,11,14H2. The molecule has 0 aliphatic heterocycles. The molecule has 1 aromatic heterocycles. The Morgan fingerprint density at radius 2 is 1.54 bits per heavy atom. The molecule has 0 radical (unpaired) electrons. The minimum absolute atomic E-state index is 0.118. The van der Waals surface area contributed by atoms with Crippen molar-refractivity contribution in [2.45, 2.75) is 45.1 Å². The fourth-order valence-corrected chi connectivity index (χ4v) is 4.14. The van der Waals surface area contributed by atoms with E-state index in [9.17, 15) is 8.78 Å². The normalized spacial score (nSPS) is 11.2. The Morgan fingerprint density at radius 3 is 2.26 bits per heavy atom. The molecule has 0 atom stereocenters. The van der Waals surface area contributed by atoms with Gasteiger partial charge in [-0.05, 0) is 84.4 Å². The van der Waals surface area contributed by atoms with Crippen LogP contribution in [0.4, 0.5) is 13.2 Å². The first-order valence-electron chi connectivity index (χ1n) is 11.8. The zero-order valence-electron chi connectivity index (χ0n) is 19.5. The van der Waals surface area contributed by atoms with E-state index >= 15 is 4.39 Å². The molecule has 0 unspecified atom stereocenters. The Kier molecular flexibility index (Phi) is 8.19. The minimum Gasteiger partial charge on any atom is -0.435 e. The number of aromatic nitrogens is 1. The topological polar surface area (TPSA) is 22.1 Å². The molecule has 0 saturated carbocycles. The molecule has 4 rings (SSSR count). The molecule has 0 aliphatic rings. The highest BCUT2D eigenvalue weighted by atomic mass is 19.3. The quantitative estimate of drug-likeness (QED) is 0.208. The highest BCUT2D eigenvalue weighted by molar-refractivity contribution is 5.84. The maximum Gasteiger partial charge on any atom is 0.387 e. The number of benzene rings is 3. The second kappa shape index (κ2) is 11.7. The summed E-state index contributed by atoms with van der Waals surface area (Å²) in [5.74, 6) is -0.0868. The lowest BCUT2D eigenvalue weighted by atomic mass is 9.98. The molecule has 35 heavy (non-hydrogen) atoms. The number of nitrogens with zero attached hydrogens (tertiary/aromatic N) is 1. The first kappa shape index (κ1) is 24.5. The Labute approximate surface area is 204 Å². The van der Waals surface area contributed by atoms with Gasteiger partial charge in [-0.15, -0.1) is 6.58 Å². The fourth-order valence-electron chi connectivity index (χ4n) is 4.14. The van der Waals surface area contributed by atoms with Gasteiger partial charge >= 0.3 is 6.61 Å². The molecular weight excluding hydrogens is 447 g/mol. The van der Waals surface area contributed by atoms with Gasteiger partial charge in [0, 0.05) is 17.3 Å². The van der Waals surface area contributed by atoms with E-state index in [-0.39, 0.29) is 11.6 Å². The molecule has 1 heterocycles. The lowest BCUT2D eigenvalue weighted by Crippen LogP contribution is -2.02. The third-order valence-corrected chi connectivity index (χ3v) is 6.12. The summed E-state index contributed by atoms with van der Waals surface area (Å²) in [5.41, 5.74) is 4.97. The SMILES string of the molecule is C=CCCc1ccc(CCc2ccc3c(F)c(CCc4ccc(OC(F)F)cc4)ccc3c2)nc1. The van der Waals surface area contributed by atoms with E-state index in [2.05, 4.69) is 28.4 Å². The number of pyridine rings is 1. The van der Waals surface area contributed by atoms with Crippen LogP contribution in [0.15, 0.2) is 85.6 Å². The predicted molar refractivity (Wildman–Crippen MR) is 135 cm³/mol. The molecule has 0 bridgehead atoms. The summed E-state index contributed by atoms with van der Waals surface area (Å²) in [6.45, 7) is 0.909. The second-order valence-corrected chi connectivity index (χ2v) is 8.60. The maximum atomic E-state index is 15.2. The Bertz CT molecular complexity index is 1270. The number of halogens is 3. The van der Waals surface area contributed by atoms with Crippen molar-refractivity contribution in [3.63, 3.8) is 0 Å². The Hall–Kier alpha value is -3.60. The van der Waals surface area contributed by atoms with Crippen molar-refractivity contribution in [2.24, 2.45) is 0 Å². The van der Waals surface area contributed by atoms with Crippen LogP contribution < -0.4 is 4.74 Å². The third-order valence-electron chi connectivity index (χ3n) is 6.12. The zero-order valence-corrected chi connectivity index (χ0v) is 19.5. The molecular formula is C30H28F3NO. The van der Waals surface area contributed by atoms with E-state index in [1.54, 1.807) is 12.1 Å². The van der Waals surface area contributed by atoms with E-state index in [4.69, 9.17) is 0 Å². The summed E-state index contributed by atoms with van der Waals surface area (Å²) >= 11 is 0. The van der Waals surface area contributed by atoms with Crippen LogP contribution in [-0.2, 0) is 32.1 Å². The zero-order chi connectivity index (χ0) is 24.6. The predicted octanol–water partition coefficient (Wildman–Crippen LogP) is 7.66. The largest absolute Gasteiger partial charge is 0.435 e. The summed E-state index contributed by atoms with van der Waals surface area (Å²) < 4.78 is 44.1. The molecule has 0 aliphatic carbocycles. The van der Waals surface area contributed by atoms with Gasteiger partial charge < -0.3 is 4.74 Å². The average molecular weight is 476 g/mol. The fraction of sp³-hybridized carbons (Fsp3) is 0.233. The molecule has 0 fully saturated rings. The van der Waals surface area contributed by atoms with Crippen molar-refractivity contribution < 1.29 is 17.9 Å². The van der Waals surface area contributed by atoms with Crippen LogP contribution in [0.3, 0.4) is 0 Å². The molecule has 0 spiro atoms. The van der Waals surface area contributed by atoms with Crippen molar-refractivity contribution in [2.75, 3.05) is 0 Å². The second-order valence-electron chi connectivity index (χ2n) is 8.60. The smallest absolute Gasteiger partial charge is 0.387 e. The van der Waals surface area contributed by atoms with Gasteiger partial charge in [0.1, 0.15) is 11.6 Å². The Balaban J connectivity index is 1.37. The van der Waals surface area contributed by atoms with Crippen molar-refractivity contribution in [1.82, 2.24) is 4.98 Å². The molecule has 180 valence electrons. The molecule has 4 aromatic rings. The van der Waals surface area contributed by atoms with Gasteiger partial charge in [0.15, 0.2) is 0 Å². The van der Waals surface area contributed by atoms with Gasteiger partial charge in [0.05, 0.1) is 0 Å². The van der Waals surface area contributed by atoms with Crippen molar-refractivity contribution in [3.8, 4) is 5.75 Å². The molecule has 0 amide bonds. The number of hydrogen-bond donors (Lipinski definition) is 0. The number of rotatable bonds is 11. The van der Waals surface area contributed by atoms with Gasteiger partial charge in [-0.1, -0.05) is 54.6 Å². The number of aryl methyl sites for hydroxylation is 5. The van der Waals surface area contributed by atoms with Crippen LogP contribution in [0.2, 0.25) is 0 Å². The lowest BCUT2D eigenvalue weighted by Gasteiger charge is -2.10. The first-order chi connectivity index (χ1) is 17.0. The van der Waals surface area contributed by atoms with Crippen LogP contribution in [0, 0.1) is 5.82 Å². The van der Waals surface area contributed by atoms with Gasteiger partial charge in [-0.25, -0.2) is 4.39 Å². The van der Waals surface area contributed by atoms with E-state index in [0.29, 0.717) is 23.8 Å².